The third kappa shape index (κ3) is 2.23. The molecule has 2 rings (SSSR count). The molecule has 1 aliphatic rings. The molecular formula is C12H21N3. The molecule has 0 aliphatic carbocycles. The second-order valence-corrected chi connectivity index (χ2v) is 4.95. The summed E-state index contributed by atoms with van der Waals surface area (Å²) in [5.41, 5.74) is 2.80. The zero-order valence-corrected chi connectivity index (χ0v) is 9.95. The van der Waals surface area contributed by atoms with Gasteiger partial charge in [0.2, 0.25) is 0 Å². The van der Waals surface area contributed by atoms with Gasteiger partial charge in [-0.25, -0.2) is 0 Å². The zero-order valence-electron chi connectivity index (χ0n) is 9.95. The van der Waals surface area contributed by atoms with Crippen LogP contribution in [0.4, 0.5) is 0 Å². The van der Waals surface area contributed by atoms with Crippen molar-refractivity contribution in [2.24, 2.45) is 5.92 Å². The Balaban J connectivity index is 2.15. The summed E-state index contributed by atoms with van der Waals surface area (Å²) in [6.45, 7) is 9.97. The van der Waals surface area contributed by atoms with Crippen LogP contribution in [0.5, 0.6) is 0 Å². The van der Waals surface area contributed by atoms with Gasteiger partial charge in [0.25, 0.3) is 0 Å². The molecule has 1 aromatic heterocycles. The molecule has 3 heteroatoms. The normalized spacial score (nSPS) is 21.5. The first-order chi connectivity index (χ1) is 7.18. The highest BCUT2D eigenvalue weighted by Gasteiger charge is 2.20. The first-order valence-corrected chi connectivity index (χ1v) is 5.91. The van der Waals surface area contributed by atoms with Gasteiger partial charge in [0.05, 0.1) is 6.20 Å². The largest absolute Gasteiger partial charge is 0.316 e. The molecule has 1 fully saturated rings. The van der Waals surface area contributed by atoms with Crippen molar-refractivity contribution in [2.75, 3.05) is 13.1 Å². The average Bonchev–Trinajstić information content (AvgIpc) is 2.76. The quantitative estimate of drug-likeness (QED) is 0.820. The number of aromatic nitrogens is 2. The molecule has 0 radical (unpaired) electrons. The van der Waals surface area contributed by atoms with Gasteiger partial charge in [0.15, 0.2) is 0 Å². The van der Waals surface area contributed by atoms with Gasteiger partial charge in [0.1, 0.15) is 0 Å². The molecule has 0 spiro atoms. The lowest BCUT2D eigenvalue weighted by Crippen LogP contribution is -2.10. The van der Waals surface area contributed by atoms with Crippen LogP contribution in [-0.2, 0) is 6.54 Å². The van der Waals surface area contributed by atoms with E-state index in [0.717, 1.165) is 19.6 Å². The molecule has 3 nitrogen and oxygen atoms in total. The van der Waals surface area contributed by atoms with Crippen molar-refractivity contribution in [2.45, 2.75) is 39.7 Å². The first kappa shape index (κ1) is 10.7. The van der Waals surface area contributed by atoms with E-state index in [4.69, 9.17) is 0 Å². The molecule has 0 aromatic carbocycles. The molecule has 1 atom stereocenters. The summed E-state index contributed by atoms with van der Waals surface area (Å²) in [5.74, 6) is 1.35. The lowest BCUT2D eigenvalue weighted by molar-refractivity contribution is 0.473. The third-order valence-corrected chi connectivity index (χ3v) is 3.18. The zero-order chi connectivity index (χ0) is 10.8. The molecule has 15 heavy (non-hydrogen) atoms. The molecule has 0 saturated carbocycles. The summed E-state index contributed by atoms with van der Waals surface area (Å²) < 4.78 is 2.15. The fourth-order valence-electron chi connectivity index (χ4n) is 2.31. The Morgan fingerprint density at radius 2 is 2.40 bits per heavy atom. The van der Waals surface area contributed by atoms with Gasteiger partial charge in [0, 0.05) is 24.7 Å². The second kappa shape index (κ2) is 4.35. The second-order valence-electron chi connectivity index (χ2n) is 4.95. The van der Waals surface area contributed by atoms with Crippen molar-refractivity contribution in [1.29, 1.82) is 0 Å². The van der Waals surface area contributed by atoms with Crippen molar-refractivity contribution in [3.8, 4) is 0 Å². The van der Waals surface area contributed by atoms with Crippen LogP contribution in [0.15, 0.2) is 6.20 Å². The summed E-state index contributed by atoms with van der Waals surface area (Å²) in [5, 5.41) is 7.90. The van der Waals surface area contributed by atoms with Gasteiger partial charge in [-0.3, -0.25) is 4.68 Å². The molecule has 1 aromatic rings. The predicted octanol–water partition coefficient (Wildman–Crippen LogP) is 1.92. The van der Waals surface area contributed by atoms with Crippen LogP contribution in [0.2, 0.25) is 0 Å². The Morgan fingerprint density at radius 1 is 1.60 bits per heavy atom. The van der Waals surface area contributed by atoms with Gasteiger partial charge < -0.3 is 5.32 Å². The van der Waals surface area contributed by atoms with E-state index in [-0.39, 0.29) is 0 Å². The van der Waals surface area contributed by atoms with Gasteiger partial charge >= 0.3 is 0 Å². The van der Waals surface area contributed by atoms with Crippen LogP contribution < -0.4 is 5.32 Å². The maximum Gasteiger partial charge on any atom is 0.0527 e. The van der Waals surface area contributed by atoms with Crippen molar-refractivity contribution in [1.82, 2.24) is 15.1 Å². The minimum atomic E-state index is 0.665. The summed E-state index contributed by atoms with van der Waals surface area (Å²) in [7, 11) is 0. The fourth-order valence-corrected chi connectivity index (χ4v) is 2.31. The third-order valence-electron chi connectivity index (χ3n) is 3.18. The van der Waals surface area contributed by atoms with Crippen molar-refractivity contribution in [3.63, 3.8) is 0 Å². The number of nitrogens with zero attached hydrogens (tertiary/aromatic N) is 2. The summed E-state index contributed by atoms with van der Waals surface area (Å²) in [6, 6.07) is 0. The molecule has 84 valence electrons. The lowest BCUT2D eigenvalue weighted by atomic mass is 9.99. The van der Waals surface area contributed by atoms with Crippen molar-refractivity contribution < 1.29 is 0 Å². The lowest BCUT2D eigenvalue weighted by Gasteiger charge is -2.10. The Bertz CT molecular complexity index is 322. The summed E-state index contributed by atoms with van der Waals surface area (Å²) in [6.07, 6.45) is 3.32. The van der Waals surface area contributed by atoms with E-state index in [2.05, 4.69) is 42.1 Å². The van der Waals surface area contributed by atoms with Crippen LogP contribution in [-0.4, -0.2) is 22.9 Å². The minimum absolute atomic E-state index is 0.665. The standard InChI is InChI=1S/C12H21N3/c1-9(2)8-15-10(3)12(7-14-15)11-4-5-13-6-11/h7,9,11,13H,4-6,8H2,1-3H3. The number of hydrogen-bond acceptors (Lipinski definition) is 2. The monoisotopic (exact) mass is 207 g/mol. The summed E-state index contributed by atoms with van der Waals surface area (Å²) >= 11 is 0. The highest BCUT2D eigenvalue weighted by molar-refractivity contribution is 5.22. The molecule has 2 heterocycles. The maximum absolute atomic E-state index is 4.49. The molecule has 0 bridgehead atoms. The van der Waals surface area contributed by atoms with Crippen molar-refractivity contribution in [3.05, 3.63) is 17.5 Å². The average molecular weight is 207 g/mol. The smallest absolute Gasteiger partial charge is 0.0527 e. The van der Waals surface area contributed by atoms with E-state index in [9.17, 15) is 0 Å². The maximum atomic E-state index is 4.49. The van der Waals surface area contributed by atoms with Gasteiger partial charge in [-0.15, -0.1) is 0 Å². The Kier molecular flexibility index (Phi) is 3.10. The van der Waals surface area contributed by atoms with Crippen LogP contribution in [0.25, 0.3) is 0 Å². The van der Waals surface area contributed by atoms with Crippen molar-refractivity contribution >= 4 is 0 Å². The van der Waals surface area contributed by atoms with E-state index >= 15 is 0 Å². The van der Waals surface area contributed by atoms with Crippen LogP contribution in [0, 0.1) is 12.8 Å². The van der Waals surface area contributed by atoms with Gasteiger partial charge in [-0.2, -0.15) is 5.10 Å². The Hall–Kier alpha value is -0.830. The highest BCUT2D eigenvalue weighted by Crippen LogP contribution is 2.25. The molecule has 1 unspecified atom stereocenters. The number of hydrogen-bond donors (Lipinski definition) is 1. The van der Waals surface area contributed by atoms with Crippen LogP contribution >= 0.6 is 0 Å². The van der Waals surface area contributed by atoms with E-state index in [1.165, 1.54) is 17.7 Å². The SMILES string of the molecule is Cc1c(C2CCNC2)cnn1CC(C)C. The fraction of sp³-hybridized carbons (Fsp3) is 0.750. The van der Waals surface area contributed by atoms with E-state index in [1.54, 1.807) is 0 Å². The van der Waals surface area contributed by atoms with Crippen LogP contribution in [0.3, 0.4) is 0 Å². The van der Waals surface area contributed by atoms with E-state index < -0.39 is 0 Å². The minimum Gasteiger partial charge on any atom is -0.316 e. The topological polar surface area (TPSA) is 29.9 Å². The van der Waals surface area contributed by atoms with Gasteiger partial charge in [-0.1, -0.05) is 13.8 Å². The molecule has 0 amide bonds. The molecule has 1 aliphatic heterocycles. The highest BCUT2D eigenvalue weighted by atomic mass is 15.3. The molecular weight excluding hydrogens is 186 g/mol. The summed E-state index contributed by atoms with van der Waals surface area (Å²) in [4.78, 5) is 0. The first-order valence-electron chi connectivity index (χ1n) is 5.91. The Morgan fingerprint density at radius 3 is 3.00 bits per heavy atom. The van der Waals surface area contributed by atoms with E-state index in [1.807, 2.05) is 0 Å². The van der Waals surface area contributed by atoms with E-state index in [0.29, 0.717) is 11.8 Å². The molecule has 1 saturated heterocycles. The van der Waals surface area contributed by atoms with Gasteiger partial charge in [-0.05, 0) is 31.4 Å². The number of rotatable bonds is 3. The number of nitrogens with one attached hydrogen (secondary N) is 1. The Labute approximate surface area is 91.9 Å². The van der Waals surface area contributed by atoms with Crippen LogP contribution in [0.1, 0.15) is 37.4 Å². The predicted molar refractivity (Wildman–Crippen MR) is 62.0 cm³/mol. The molecule has 1 N–H and O–H groups in total.